The van der Waals surface area contributed by atoms with E-state index in [1.165, 1.54) is 19.5 Å². The number of benzene rings is 1. The molecule has 0 amide bonds. The molecule has 2 atom stereocenters. The van der Waals surface area contributed by atoms with Crippen LogP contribution in [0.5, 0.6) is 0 Å². The maximum absolute atomic E-state index is 6.36. The van der Waals surface area contributed by atoms with Crippen LogP contribution in [0, 0.1) is 5.92 Å². The van der Waals surface area contributed by atoms with Gasteiger partial charge in [0.05, 0.1) is 10.0 Å². The number of hydrogen-bond acceptors (Lipinski definition) is 2. The van der Waals surface area contributed by atoms with E-state index in [4.69, 9.17) is 23.2 Å². The lowest BCUT2D eigenvalue weighted by atomic mass is 10.0. The van der Waals surface area contributed by atoms with Crippen molar-refractivity contribution in [2.24, 2.45) is 5.92 Å². The van der Waals surface area contributed by atoms with Crippen molar-refractivity contribution in [2.45, 2.75) is 32.7 Å². The molecule has 20 heavy (non-hydrogen) atoms. The Bertz CT molecular complexity index is 436. The fraction of sp³-hybridized carbons (Fsp3) is 0.625. The Morgan fingerprint density at radius 3 is 2.85 bits per heavy atom. The van der Waals surface area contributed by atoms with Crippen LogP contribution in [-0.2, 0) is 0 Å². The van der Waals surface area contributed by atoms with E-state index < -0.39 is 0 Å². The number of likely N-dealkylation sites (tertiary alicyclic amines) is 1. The van der Waals surface area contributed by atoms with E-state index in [-0.39, 0.29) is 6.04 Å². The van der Waals surface area contributed by atoms with Crippen LogP contribution in [0.15, 0.2) is 18.2 Å². The summed E-state index contributed by atoms with van der Waals surface area (Å²) in [7, 11) is 0. The monoisotopic (exact) mass is 314 g/mol. The lowest BCUT2D eigenvalue weighted by Crippen LogP contribution is -2.28. The molecule has 1 aromatic carbocycles. The van der Waals surface area contributed by atoms with E-state index in [2.05, 4.69) is 30.1 Å². The highest BCUT2D eigenvalue weighted by molar-refractivity contribution is 6.42. The highest BCUT2D eigenvalue weighted by Gasteiger charge is 2.21. The van der Waals surface area contributed by atoms with Crippen molar-refractivity contribution in [3.63, 3.8) is 0 Å². The van der Waals surface area contributed by atoms with Crippen LogP contribution >= 0.6 is 23.2 Å². The highest BCUT2D eigenvalue weighted by Crippen LogP contribution is 2.31. The molecule has 0 saturated carbocycles. The van der Waals surface area contributed by atoms with Gasteiger partial charge in [-0.2, -0.15) is 0 Å². The lowest BCUT2D eigenvalue weighted by molar-refractivity contribution is 0.303. The zero-order chi connectivity index (χ0) is 14.5. The third-order valence-corrected chi connectivity index (χ3v) is 4.88. The first-order chi connectivity index (χ1) is 9.61. The molecule has 2 rings (SSSR count). The summed E-state index contributed by atoms with van der Waals surface area (Å²) in [5, 5.41) is 4.86. The van der Waals surface area contributed by atoms with E-state index in [1.54, 1.807) is 0 Å². The molecule has 0 aliphatic carbocycles. The summed E-state index contributed by atoms with van der Waals surface area (Å²) in [6.45, 7) is 8.96. The quantitative estimate of drug-likeness (QED) is 0.838. The predicted octanol–water partition coefficient (Wildman–Crippen LogP) is 4.38. The molecule has 1 aliphatic rings. The molecule has 0 radical (unpaired) electrons. The first kappa shape index (κ1) is 16.1. The van der Waals surface area contributed by atoms with Crippen molar-refractivity contribution in [2.75, 3.05) is 26.2 Å². The van der Waals surface area contributed by atoms with Crippen molar-refractivity contribution in [1.82, 2.24) is 10.2 Å². The number of nitrogens with one attached hydrogen (secondary N) is 1. The molecule has 1 aliphatic heterocycles. The number of hydrogen-bond donors (Lipinski definition) is 1. The summed E-state index contributed by atoms with van der Waals surface area (Å²) in [5.74, 6) is 0.836. The Labute approximate surface area is 132 Å². The SMILES string of the molecule is CCNC(CCN1CCC(C)C1)c1cccc(Cl)c1Cl. The van der Waals surface area contributed by atoms with Crippen LogP contribution in [0.4, 0.5) is 0 Å². The van der Waals surface area contributed by atoms with E-state index in [1.807, 2.05) is 12.1 Å². The summed E-state index contributed by atoms with van der Waals surface area (Å²) < 4.78 is 0. The Morgan fingerprint density at radius 2 is 2.20 bits per heavy atom. The van der Waals surface area contributed by atoms with Gasteiger partial charge >= 0.3 is 0 Å². The zero-order valence-corrected chi connectivity index (χ0v) is 13.8. The summed E-state index contributed by atoms with van der Waals surface area (Å²) >= 11 is 12.5. The van der Waals surface area contributed by atoms with Crippen LogP contribution < -0.4 is 5.32 Å². The first-order valence-corrected chi connectivity index (χ1v) is 8.27. The number of halogens is 2. The van der Waals surface area contributed by atoms with Gasteiger partial charge in [0.2, 0.25) is 0 Å². The molecule has 112 valence electrons. The van der Waals surface area contributed by atoms with Crippen LogP contribution in [0.3, 0.4) is 0 Å². The van der Waals surface area contributed by atoms with Crippen LogP contribution in [0.1, 0.15) is 38.3 Å². The zero-order valence-electron chi connectivity index (χ0n) is 12.3. The molecule has 0 aromatic heterocycles. The van der Waals surface area contributed by atoms with Crippen molar-refractivity contribution in [3.05, 3.63) is 33.8 Å². The Morgan fingerprint density at radius 1 is 1.40 bits per heavy atom. The van der Waals surface area contributed by atoms with Gasteiger partial charge in [0.25, 0.3) is 0 Å². The largest absolute Gasteiger partial charge is 0.310 e. The standard InChI is InChI=1S/C16H24Cl2N2/c1-3-19-15(8-10-20-9-7-12(2)11-20)13-5-4-6-14(17)16(13)18/h4-6,12,15,19H,3,7-11H2,1-2H3. The summed E-state index contributed by atoms with van der Waals surface area (Å²) in [6, 6.07) is 6.18. The molecule has 1 aromatic rings. The summed E-state index contributed by atoms with van der Waals surface area (Å²) in [5.41, 5.74) is 1.12. The van der Waals surface area contributed by atoms with E-state index in [9.17, 15) is 0 Å². The third-order valence-electron chi connectivity index (χ3n) is 4.05. The molecule has 1 N–H and O–H groups in total. The van der Waals surface area contributed by atoms with Crippen molar-refractivity contribution >= 4 is 23.2 Å². The van der Waals surface area contributed by atoms with Gasteiger partial charge in [-0.1, -0.05) is 49.2 Å². The molecule has 4 heteroatoms. The molecule has 0 spiro atoms. The molecule has 1 heterocycles. The highest BCUT2D eigenvalue weighted by atomic mass is 35.5. The van der Waals surface area contributed by atoms with Crippen LogP contribution in [0.25, 0.3) is 0 Å². The van der Waals surface area contributed by atoms with Gasteiger partial charge in [0, 0.05) is 12.6 Å². The van der Waals surface area contributed by atoms with Crippen molar-refractivity contribution < 1.29 is 0 Å². The third kappa shape index (κ3) is 4.11. The maximum Gasteiger partial charge on any atom is 0.0640 e. The van der Waals surface area contributed by atoms with Crippen LogP contribution in [-0.4, -0.2) is 31.1 Å². The van der Waals surface area contributed by atoms with E-state index in [0.29, 0.717) is 10.0 Å². The van der Waals surface area contributed by atoms with Gasteiger partial charge in [0.1, 0.15) is 0 Å². The van der Waals surface area contributed by atoms with Gasteiger partial charge in [0.15, 0.2) is 0 Å². The van der Waals surface area contributed by atoms with Gasteiger partial charge < -0.3 is 10.2 Å². The summed E-state index contributed by atoms with van der Waals surface area (Å²) in [6.07, 6.45) is 2.39. The lowest BCUT2D eigenvalue weighted by Gasteiger charge is -2.23. The van der Waals surface area contributed by atoms with Gasteiger partial charge in [-0.05, 0) is 50.0 Å². The maximum atomic E-state index is 6.36. The normalized spacial score (nSPS) is 21.3. The minimum absolute atomic E-state index is 0.280. The Balaban J connectivity index is 2.01. The van der Waals surface area contributed by atoms with E-state index >= 15 is 0 Å². The fourth-order valence-electron chi connectivity index (χ4n) is 2.94. The molecule has 1 fully saturated rings. The molecular formula is C16H24Cl2N2. The molecular weight excluding hydrogens is 291 g/mol. The molecule has 2 nitrogen and oxygen atoms in total. The summed E-state index contributed by atoms with van der Waals surface area (Å²) in [4.78, 5) is 2.55. The molecule has 1 saturated heterocycles. The number of nitrogens with zero attached hydrogens (tertiary/aromatic N) is 1. The topological polar surface area (TPSA) is 15.3 Å². The second-order valence-electron chi connectivity index (χ2n) is 5.74. The Hall–Kier alpha value is -0.280. The first-order valence-electron chi connectivity index (χ1n) is 7.51. The minimum atomic E-state index is 0.280. The fourth-order valence-corrected chi connectivity index (χ4v) is 3.38. The minimum Gasteiger partial charge on any atom is -0.310 e. The van der Waals surface area contributed by atoms with Crippen LogP contribution in [0.2, 0.25) is 10.0 Å². The second kappa shape index (κ2) is 7.65. The van der Waals surface area contributed by atoms with Crippen molar-refractivity contribution in [1.29, 1.82) is 0 Å². The second-order valence-corrected chi connectivity index (χ2v) is 6.52. The van der Waals surface area contributed by atoms with Gasteiger partial charge in [-0.25, -0.2) is 0 Å². The molecule has 0 bridgehead atoms. The van der Waals surface area contributed by atoms with E-state index in [0.717, 1.165) is 31.0 Å². The smallest absolute Gasteiger partial charge is 0.0640 e. The predicted molar refractivity (Wildman–Crippen MR) is 87.7 cm³/mol. The van der Waals surface area contributed by atoms with Gasteiger partial charge in [-0.15, -0.1) is 0 Å². The Kier molecular flexibility index (Phi) is 6.16. The number of rotatable bonds is 6. The molecule has 2 unspecified atom stereocenters. The average Bonchev–Trinajstić information content (AvgIpc) is 2.84. The van der Waals surface area contributed by atoms with Crippen molar-refractivity contribution in [3.8, 4) is 0 Å². The average molecular weight is 315 g/mol. The van der Waals surface area contributed by atoms with Gasteiger partial charge in [-0.3, -0.25) is 0 Å².